The van der Waals surface area contributed by atoms with Crippen LogP contribution in [0.1, 0.15) is 24.3 Å². The molecule has 5 heteroatoms. The van der Waals surface area contributed by atoms with E-state index >= 15 is 0 Å². The molecule has 0 aliphatic heterocycles. The van der Waals surface area contributed by atoms with E-state index in [2.05, 4.69) is 4.98 Å². The minimum Gasteiger partial charge on any atom is -0.480 e. The zero-order valence-electron chi connectivity index (χ0n) is 11.1. The van der Waals surface area contributed by atoms with Gasteiger partial charge in [0, 0.05) is 18.0 Å². The number of carbonyl (C=O) groups excluding carboxylic acids is 1. The molecule has 0 saturated heterocycles. The number of para-hydroxylation sites is 1. The molecule has 1 aromatic carbocycles. The smallest absolute Gasteiger partial charge is 0.329 e. The average molecular weight is 260 g/mol. The minimum absolute atomic E-state index is 0.344. The molecule has 0 spiro atoms. The van der Waals surface area contributed by atoms with Crippen LogP contribution in [0.2, 0.25) is 0 Å². The molecule has 0 unspecified atom stereocenters. The second-order valence-corrected chi connectivity index (χ2v) is 5.00. The lowest BCUT2D eigenvalue weighted by Crippen LogP contribution is -2.50. The van der Waals surface area contributed by atoms with Crippen molar-refractivity contribution in [2.24, 2.45) is 0 Å². The Morgan fingerprint density at radius 3 is 2.47 bits per heavy atom. The third-order valence-electron chi connectivity index (χ3n) is 3.43. The van der Waals surface area contributed by atoms with Crippen LogP contribution in [0.5, 0.6) is 0 Å². The van der Waals surface area contributed by atoms with Crippen molar-refractivity contribution in [1.82, 2.24) is 9.88 Å². The fourth-order valence-corrected chi connectivity index (χ4v) is 1.77. The summed E-state index contributed by atoms with van der Waals surface area (Å²) in [4.78, 5) is 27.7. The highest BCUT2D eigenvalue weighted by molar-refractivity contribution is 6.00. The van der Waals surface area contributed by atoms with Crippen molar-refractivity contribution < 1.29 is 14.7 Å². The van der Waals surface area contributed by atoms with Crippen molar-refractivity contribution in [3.8, 4) is 0 Å². The fraction of sp³-hybridized carbons (Fsp3) is 0.286. The van der Waals surface area contributed by atoms with Gasteiger partial charge in [-0.3, -0.25) is 4.79 Å². The van der Waals surface area contributed by atoms with Gasteiger partial charge in [0.1, 0.15) is 11.2 Å². The van der Waals surface area contributed by atoms with Gasteiger partial charge in [-0.25, -0.2) is 4.79 Å². The van der Waals surface area contributed by atoms with Crippen LogP contribution in [0.4, 0.5) is 0 Å². The molecule has 0 radical (unpaired) electrons. The largest absolute Gasteiger partial charge is 0.480 e. The van der Waals surface area contributed by atoms with Gasteiger partial charge in [-0.1, -0.05) is 18.2 Å². The number of aromatic nitrogens is 1. The van der Waals surface area contributed by atoms with Crippen LogP contribution in [0.15, 0.2) is 30.3 Å². The standard InChI is InChI=1S/C14H16N2O3/c1-14(2,13(18)19)16(3)12(17)11-8-9-6-4-5-7-10(9)15-11/h4-8,15H,1-3H3,(H,18,19). The summed E-state index contributed by atoms with van der Waals surface area (Å²) in [6.45, 7) is 2.99. The number of fused-ring (bicyclic) bond motifs is 1. The zero-order valence-corrected chi connectivity index (χ0v) is 11.1. The number of nitrogens with one attached hydrogen (secondary N) is 1. The predicted octanol–water partition coefficient (Wildman–Crippen LogP) is 2.10. The van der Waals surface area contributed by atoms with E-state index in [0.29, 0.717) is 5.69 Å². The number of carboxylic acids is 1. The number of aliphatic carboxylic acids is 1. The van der Waals surface area contributed by atoms with Crippen LogP contribution in [-0.2, 0) is 4.79 Å². The van der Waals surface area contributed by atoms with Gasteiger partial charge in [-0.2, -0.15) is 0 Å². The van der Waals surface area contributed by atoms with Gasteiger partial charge in [0.15, 0.2) is 0 Å². The first-order valence-corrected chi connectivity index (χ1v) is 5.93. The molecule has 2 rings (SSSR count). The number of hydrogen-bond acceptors (Lipinski definition) is 2. The molecule has 1 heterocycles. The number of rotatable bonds is 3. The molecular formula is C14H16N2O3. The van der Waals surface area contributed by atoms with Gasteiger partial charge in [0.05, 0.1) is 0 Å². The SMILES string of the molecule is CN(C(=O)c1cc2ccccc2[nH]1)C(C)(C)C(=O)O. The number of amides is 1. The van der Waals surface area contributed by atoms with Gasteiger partial charge in [-0.05, 0) is 26.0 Å². The lowest BCUT2D eigenvalue weighted by atomic mass is 10.0. The Kier molecular flexibility index (Phi) is 3.06. The topological polar surface area (TPSA) is 73.4 Å². The zero-order chi connectivity index (χ0) is 14.2. The number of benzene rings is 1. The van der Waals surface area contributed by atoms with Gasteiger partial charge >= 0.3 is 5.97 Å². The first kappa shape index (κ1) is 13.1. The Labute approximate surface area is 110 Å². The summed E-state index contributed by atoms with van der Waals surface area (Å²) in [5.74, 6) is -1.39. The Bertz CT molecular complexity index is 610. The molecule has 0 aliphatic rings. The third-order valence-corrected chi connectivity index (χ3v) is 3.43. The number of carbonyl (C=O) groups is 2. The highest BCUT2D eigenvalue weighted by Gasteiger charge is 2.36. The van der Waals surface area contributed by atoms with Crippen molar-refractivity contribution >= 4 is 22.8 Å². The number of hydrogen-bond donors (Lipinski definition) is 2. The van der Waals surface area contributed by atoms with Crippen LogP contribution in [0, 0.1) is 0 Å². The van der Waals surface area contributed by atoms with E-state index in [-0.39, 0.29) is 5.91 Å². The van der Waals surface area contributed by atoms with Gasteiger partial charge in [-0.15, -0.1) is 0 Å². The summed E-state index contributed by atoms with van der Waals surface area (Å²) in [5.41, 5.74) is -0.0145. The maximum atomic E-state index is 12.3. The average Bonchev–Trinajstić information content (AvgIpc) is 2.80. The Morgan fingerprint density at radius 1 is 1.26 bits per heavy atom. The molecule has 0 fully saturated rings. The summed E-state index contributed by atoms with van der Waals surface area (Å²) in [5, 5.41) is 10.1. The molecule has 0 atom stereocenters. The minimum atomic E-state index is -1.26. The molecule has 100 valence electrons. The Hall–Kier alpha value is -2.30. The number of nitrogens with zero attached hydrogens (tertiary/aromatic N) is 1. The van der Waals surface area contributed by atoms with E-state index in [4.69, 9.17) is 5.11 Å². The summed E-state index contributed by atoms with van der Waals surface area (Å²) in [6, 6.07) is 9.25. The fourth-order valence-electron chi connectivity index (χ4n) is 1.77. The lowest BCUT2D eigenvalue weighted by molar-refractivity contribution is -0.147. The molecule has 19 heavy (non-hydrogen) atoms. The predicted molar refractivity (Wildman–Crippen MR) is 72.1 cm³/mol. The first-order valence-electron chi connectivity index (χ1n) is 5.93. The summed E-state index contributed by atoms with van der Waals surface area (Å²) in [6.07, 6.45) is 0. The van der Waals surface area contributed by atoms with Crippen molar-refractivity contribution in [2.75, 3.05) is 7.05 Å². The van der Waals surface area contributed by atoms with Crippen LogP contribution in [0.25, 0.3) is 10.9 Å². The quantitative estimate of drug-likeness (QED) is 0.887. The summed E-state index contributed by atoms with van der Waals surface area (Å²) < 4.78 is 0. The molecule has 0 saturated carbocycles. The van der Waals surface area contributed by atoms with Crippen molar-refractivity contribution in [3.63, 3.8) is 0 Å². The van der Waals surface area contributed by atoms with E-state index in [1.54, 1.807) is 6.07 Å². The number of H-pyrrole nitrogens is 1. The van der Waals surface area contributed by atoms with Crippen molar-refractivity contribution in [2.45, 2.75) is 19.4 Å². The second-order valence-electron chi connectivity index (χ2n) is 5.00. The highest BCUT2D eigenvalue weighted by atomic mass is 16.4. The maximum absolute atomic E-state index is 12.3. The summed E-state index contributed by atoms with van der Waals surface area (Å²) in [7, 11) is 1.49. The normalized spacial score (nSPS) is 11.5. The van der Waals surface area contributed by atoms with Crippen molar-refractivity contribution in [1.29, 1.82) is 0 Å². The Balaban J connectivity index is 2.36. The molecular weight excluding hydrogens is 244 g/mol. The van der Waals surface area contributed by atoms with E-state index in [1.165, 1.54) is 25.8 Å². The molecule has 1 amide bonds. The highest BCUT2D eigenvalue weighted by Crippen LogP contribution is 2.19. The third kappa shape index (κ3) is 2.19. The van der Waals surface area contributed by atoms with Crippen molar-refractivity contribution in [3.05, 3.63) is 36.0 Å². The molecule has 0 aliphatic carbocycles. The van der Waals surface area contributed by atoms with Crippen LogP contribution in [-0.4, -0.2) is 39.5 Å². The second kappa shape index (κ2) is 4.42. The number of likely N-dealkylation sites (N-methyl/N-ethyl adjacent to an activating group) is 1. The van der Waals surface area contributed by atoms with Gasteiger partial charge < -0.3 is 15.0 Å². The molecule has 2 N–H and O–H groups in total. The van der Waals surface area contributed by atoms with Crippen LogP contribution >= 0.6 is 0 Å². The number of aromatic amines is 1. The van der Waals surface area contributed by atoms with E-state index in [0.717, 1.165) is 10.9 Å². The van der Waals surface area contributed by atoms with Crippen LogP contribution in [0.3, 0.4) is 0 Å². The molecule has 1 aromatic heterocycles. The number of carboxylic acid groups (broad SMARTS) is 1. The molecule has 5 nitrogen and oxygen atoms in total. The monoisotopic (exact) mass is 260 g/mol. The molecule has 0 bridgehead atoms. The Morgan fingerprint density at radius 2 is 1.89 bits per heavy atom. The van der Waals surface area contributed by atoms with Gasteiger partial charge in [0.2, 0.25) is 0 Å². The first-order chi connectivity index (χ1) is 8.84. The van der Waals surface area contributed by atoms with Gasteiger partial charge in [0.25, 0.3) is 5.91 Å². The lowest BCUT2D eigenvalue weighted by Gasteiger charge is -2.31. The molecule has 2 aromatic rings. The van der Waals surface area contributed by atoms with Crippen LogP contribution < -0.4 is 0 Å². The summed E-state index contributed by atoms with van der Waals surface area (Å²) >= 11 is 0. The van der Waals surface area contributed by atoms with E-state index < -0.39 is 11.5 Å². The van der Waals surface area contributed by atoms with E-state index in [9.17, 15) is 9.59 Å². The maximum Gasteiger partial charge on any atom is 0.329 e. The van der Waals surface area contributed by atoms with E-state index in [1.807, 2.05) is 24.3 Å².